The SMILES string of the molecule is CCCCS(=O)(=O)N[C@@H](Cc1ccc(NC(=O)CCCN)cc1)C(=O)O. The highest BCUT2D eigenvalue weighted by Gasteiger charge is 2.24. The Morgan fingerprint density at radius 3 is 2.38 bits per heavy atom. The van der Waals surface area contributed by atoms with Gasteiger partial charge < -0.3 is 16.2 Å². The lowest BCUT2D eigenvalue weighted by molar-refractivity contribution is -0.138. The number of carbonyl (C=O) groups excluding carboxylic acids is 1. The first-order valence-corrected chi connectivity index (χ1v) is 10.2. The summed E-state index contributed by atoms with van der Waals surface area (Å²) in [6, 6.07) is 5.39. The van der Waals surface area contributed by atoms with Gasteiger partial charge in [-0.25, -0.2) is 13.1 Å². The van der Waals surface area contributed by atoms with Crippen molar-refractivity contribution in [1.29, 1.82) is 0 Å². The van der Waals surface area contributed by atoms with Crippen LogP contribution in [0.2, 0.25) is 0 Å². The summed E-state index contributed by atoms with van der Waals surface area (Å²) in [7, 11) is -3.64. The van der Waals surface area contributed by atoms with Crippen molar-refractivity contribution in [3.05, 3.63) is 29.8 Å². The Morgan fingerprint density at radius 1 is 1.19 bits per heavy atom. The van der Waals surface area contributed by atoms with Gasteiger partial charge in [0.25, 0.3) is 0 Å². The van der Waals surface area contributed by atoms with Crippen LogP contribution in [0.25, 0.3) is 0 Å². The number of amides is 1. The number of unbranched alkanes of at least 4 members (excludes halogenated alkanes) is 1. The molecule has 0 unspecified atom stereocenters. The van der Waals surface area contributed by atoms with Crippen LogP contribution >= 0.6 is 0 Å². The number of nitrogens with two attached hydrogens (primary N) is 1. The minimum absolute atomic E-state index is 0.0160. The number of carbonyl (C=O) groups is 2. The molecule has 0 spiro atoms. The maximum absolute atomic E-state index is 11.9. The monoisotopic (exact) mass is 385 g/mol. The van der Waals surface area contributed by atoms with E-state index in [9.17, 15) is 23.1 Å². The van der Waals surface area contributed by atoms with E-state index in [1.165, 1.54) is 0 Å². The summed E-state index contributed by atoms with van der Waals surface area (Å²) in [5, 5.41) is 12.0. The van der Waals surface area contributed by atoms with E-state index in [1.54, 1.807) is 24.3 Å². The molecule has 1 rings (SSSR count). The van der Waals surface area contributed by atoms with Crippen molar-refractivity contribution in [1.82, 2.24) is 4.72 Å². The number of nitrogens with one attached hydrogen (secondary N) is 2. The molecule has 1 aromatic rings. The first kappa shape index (κ1) is 22.1. The van der Waals surface area contributed by atoms with Gasteiger partial charge in [0.15, 0.2) is 0 Å². The van der Waals surface area contributed by atoms with E-state index < -0.39 is 22.0 Å². The molecule has 0 aliphatic heterocycles. The molecule has 146 valence electrons. The summed E-state index contributed by atoms with van der Waals surface area (Å²) in [5.41, 5.74) is 6.59. The predicted molar refractivity (Wildman–Crippen MR) is 100 cm³/mol. The highest BCUT2D eigenvalue weighted by molar-refractivity contribution is 7.89. The predicted octanol–water partition coefficient (Wildman–Crippen LogP) is 1.08. The summed E-state index contributed by atoms with van der Waals surface area (Å²) in [5.74, 6) is -1.47. The van der Waals surface area contributed by atoms with Crippen molar-refractivity contribution in [3.63, 3.8) is 0 Å². The zero-order valence-corrected chi connectivity index (χ0v) is 15.7. The Morgan fingerprint density at radius 2 is 1.85 bits per heavy atom. The Balaban J connectivity index is 2.69. The van der Waals surface area contributed by atoms with Gasteiger partial charge in [-0.1, -0.05) is 25.5 Å². The van der Waals surface area contributed by atoms with Crippen LogP contribution in [0.15, 0.2) is 24.3 Å². The van der Waals surface area contributed by atoms with Crippen molar-refractivity contribution >= 4 is 27.6 Å². The summed E-state index contributed by atoms with van der Waals surface area (Å²) in [6.45, 7) is 2.30. The van der Waals surface area contributed by atoms with Crippen LogP contribution in [0.1, 0.15) is 38.2 Å². The summed E-state index contributed by atoms with van der Waals surface area (Å²) < 4.78 is 26.1. The molecule has 26 heavy (non-hydrogen) atoms. The zero-order valence-electron chi connectivity index (χ0n) is 14.9. The third-order valence-electron chi connectivity index (χ3n) is 3.67. The molecule has 0 aliphatic carbocycles. The van der Waals surface area contributed by atoms with Crippen LogP contribution in [0.3, 0.4) is 0 Å². The highest BCUT2D eigenvalue weighted by atomic mass is 32.2. The first-order valence-electron chi connectivity index (χ1n) is 8.59. The molecule has 1 amide bonds. The van der Waals surface area contributed by atoms with Gasteiger partial charge in [0, 0.05) is 12.1 Å². The number of hydrogen-bond acceptors (Lipinski definition) is 5. The van der Waals surface area contributed by atoms with Gasteiger partial charge >= 0.3 is 5.97 Å². The molecular formula is C17H27N3O5S. The quantitative estimate of drug-likeness (QED) is 0.425. The molecule has 0 saturated heterocycles. The van der Waals surface area contributed by atoms with E-state index in [0.717, 1.165) is 0 Å². The average molecular weight is 385 g/mol. The number of benzene rings is 1. The molecule has 0 radical (unpaired) electrons. The van der Waals surface area contributed by atoms with Gasteiger partial charge in [-0.05, 0) is 43.5 Å². The lowest BCUT2D eigenvalue weighted by atomic mass is 10.1. The van der Waals surface area contributed by atoms with E-state index in [0.29, 0.717) is 43.5 Å². The minimum Gasteiger partial charge on any atom is -0.480 e. The zero-order chi connectivity index (χ0) is 19.6. The van der Waals surface area contributed by atoms with Crippen LogP contribution in [0, 0.1) is 0 Å². The normalized spacial score (nSPS) is 12.5. The number of carboxylic acids is 1. The molecule has 9 heteroatoms. The van der Waals surface area contributed by atoms with E-state index in [-0.39, 0.29) is 18.1 Å². The fourth-order valence-electron chi connectivity index (χ4n) is 2.24. The van der Waals surface area contributed by atoms with E-state index in [4.69, 9.17) is 5.73 Å². The fraction of sp³-hybridized carbons (Fsp3) is 0.529. The van der Waals surface area contributed by atoms with E-state index >= 15 is 0 Å². The van der Waals surface area contributed by atoms with Crippen molar-refractivity contribution in [3.8, 4) is 0 Å². The second kappa shape index (κ2) is 10.9. The maximum Gasteiger partial charge on any atom is 0.322 e. The van der Waals surface area contributed by atoms with Crippen LogP contribution in [0.5, 0.6) is 0 Å². The molecule has 0 aliphatic rings. The maximum atomic E-state index is 11.9. The summed E-state index contributed by atoms with van der Waals surface area (Å²) >= 11 is 0. The van der Waals surface area contributed by atoms with E-state index in [1.807, 2.05) is 6.92 Å². The first-order chi connectivity index (χ1) is 12.3. The summed E-state index contributed by atoms with van der Waals surface area (Å²) in [4.78, 5) is 23.0. The summed E-state index contributed by atoms with van der Waals surface area (Å²) in [6.07, 6.45) is 2.13. The second-order valence-corrected chi connectivity index (χ2v) is 7.90. The van der Waals surface area contributed by atoms with Crippen LogP contribution in [-0.4, -0.2) is 43.7 Å². The number of aliphatic carboxylic acids is 1. The topological polar surface area (TPSA) is 139 Å². The molecule has 5 N–H and O–H groups in total. The molecule has 0 bridgehead atoms. The molecular weight excluding hydrogens is 358 g/mol. The molecule has 1 atom stereocenters. The fourth-order valence-corrected chi connectivity index (χ4v) is 3.64. The number of hydrogen-bond donors (Lipinski definition) is 4. The van der Waals surface area contributed by atoms with Gasteiger partial charge in [0.1, 0.15) is 6.04 Å². The number of sulfonamides is 1. The Labute approximate surface area is 154 Å². The average Bonchev–Trinajstić information content (AvgIpc) is 2.59. The Hall–Kier alpha value is -1.97. The largest absolute Gasteiger partial charge is 0.480 e. The third-order valence-corrected chi connectivity index (χ3v) is 5.14. The Bertz CT molecular complexity index is 689. The van der Waals surface area contributed by atoms with Crippen molar-refractivity contribution in [2.45, 2.75) is 45.1 Å². The number of carboxylic acid groups (broad SMARTS) is 1. The second-order valence-electron chi connectivity index (χ2n) is 6.02. The van der Waals surface area contributed by atoms with Gasteiger partial charge in [-0.2, -0.15) is 0 Å². The smallest absolute Gasteiger partial charge is 0.322 e. The lowest BCUT2D eigenvalue weighted by Crippen LogP contribution is -2.43. The molecule has 0 aromatic heterocycles. The standard InChI is InChI=1S/C17H27N3O5S/c1-2-3-11-26(24,25)20-15(17(22)23)12-13-6-8-14(9-7-13)19-16(21)5-4-10-18/h6-9,15,20H,2-5,10-12,18H2,1H3,(H,19,21)(H,22,23)/t15-/m0/s1. The Kier molecular flexibility index (Phi) is 9.25. The number of anilines is 1. The minimum atomic E-state index is -3.64. The van der Waals surface area contributed by atoms with Crippen molar-refractivity contribution in [2.75, 3.05) is 17.6 Å². The van der Waals surface area contributed by atoms with Gasteiger partial charge in [-0.15, -0.1) is 0 Å². The molecule has 1 aromatic carbocycles. The van der Waals surface area contributed by atoms with Gasteiger partial charge in [0.05, 0.1) is 5.75 Å². The van der Waals surface area contributed by atoms with Crippen LogP contribution in [-0.2, 0) is 26.0 Å². The van der Waals surface area contributed by atoms with Crippen molar-refractivity contribution < 1.29 is 23.1 Å². The van der Waals surface area contributed by atoms with Crippen LogP contribution < -0.4 is 15.8 Å². The van der Waals surface area contributed by atoms with E-state index in [2.05, 4.69) is 10.0 Å². The third kappa shape index (κ3) is 8.41. The van der Waals surface area contributed by atoms with Crippen molar-refractivity contribution in [2.24, 2.45) is 5.73 Å². The molecule has 0 saturated carbocycles. The highest BCUT2D eigenvalue weighted by Crippen LogP contribution is 2.12. The van der Waals surface area contributed by atoms with Crippen LogP contribution in [0.4, 0.5) is 5.69 Å². The molecule has 0 heterocycles. The molecule has 8 nitrogen and oxygen atoms in total. The number of rotatable bonds is 12. The van der Waals surface area contributed by atoms with Gasteiger partial charge in [-0.3, -0.25) is 9.59 Å². The lowest BCUT2D eigenvalue weighted by Gasteiger charge is -2.15. The molecule has 0 fully saturated rings. The van der Waals surface area contributed by atoms with Gasteiger partial charge in [0.2, 0.25) is 15.9 Å².